The van der Waals surface area contributed by atoms with Crippen LogP contribution in [0.25, 0.3) is 0 Å². The van der Waals surface area contributed by atoms with Crippen molar-refractivity contribution in [2.75, 3.05) is 0 Å². The van der Waals surface area contributed by atoms with E-state index >= 15 is 0 Å². The third-order valence-corrected chi connectivity index (χ3v) is 0.504. The van der Waals surface area contributed by atoms with Gasteiger partial charge < -0.3 is 0 Å². The van der Waals surface area contributed by atoms with E-state index in [1.165, 1.54) is 12.2 Å². The van der Waals surface area contributed by atoms with Crippen molar-refractivity contribution in [1.82, 2.24) is 0 Å². The van der Waals surface area contributed by atoms with E-state index in [9.17, 15) is 0 Å². The first kappa shape index (κ1) is 11.2. The largest absolute Gasteiger partial charge is 1.00 e. The number of nitrogens with zero attached hydrogens (tertiary/aromatic N) is 1. The first-order valence-corrected chi connectivity index (χ1v) is 2.18. The Bertz CT molecular complexity index is 151. The van der Waals surface area contributed by atoms with Crippen molar-refractivity contribution in [3.8, 4) is 6.07 Å². The summed E-state index contributed by atoms with van der Waals surface area (Å²) < 4.78 is 0. The molecular weight excluding hydrogens is 105 g/mol. The first-order valence-electron chi connectivity index (χ1n) is 2.18. The Kier molecular flexibility index (Phi) is 12.8. The van der Waals surface area contributed by atoms with Crippen LogP contribution in [0.2, 0.25) is 0 Å². The molecule has 0 aromatic rings. The van der Waals surface area contributed by atoms with E-state index in [1.807, 2.05) is 6.07 Å². The molecule has 0 unspecified atom stereocenters. The third kappa shape index (κ3) is 11.1. The van der Waals surface area contributed by atoms with E-state index in [1.54, 1.807) is 18.2 Å². The van der Waals surface area contributed by atoms with Gasteiger partial charge in [0.05, 0.1) is 6.07 Å². The Balaban J connectivity index is 0. The van der Waals surface area contributed by atoms with Crippen LogP contribution in [0.1, 0.15) is 0 Å². The quantitative estimate of drug-likeness (QED) is 0.186. The van der Waals surface area contributed by atoms with E-state index < -0.39 is 0 Å². The van der Waals surface area contributed by atoms with Gasteiger partial charge in [0.25, 0.3) is 0 Å². The summed E-state index contributed by atoms with van der Waals surface area (Å²) in [6.45, 7) is 4.98. The van der Waals surface area contributed by atoms with Gasteiger partial charge in [0.1, 0.15) is 0 Å². The summed E-state index contributed by atoms with van der Waals surface area (Å²) in [5, 5.41) is 7.95. The Hall–Kier alpha value is -0.693. The van der Waals surface area contributed by atoms with Crippen molar-refractivity contribution in [3.63, 3.8) is 0 Å². The van der Waals surface area contributed by atoms with Gasteiger partial charge in [-0.05, 0) is 0 Å². The summed E-state index contributed by atoms with van der Waals surface area (Å²) in [7, 11) is 0. The van der Waals surface area contributed by atoms with Gasteiger partial charge in [0, 0.05) is 6.08 Å². The molecule has 40 valence electrons. The van der Waals surface area contributed by atoms with Gasteiger partial charge in [0.2, 0.25) is 0 Å². The van der Waals surface area contributed by atoms with Crippen molar-refractivity contribution in [2.24, 2.45) is 0 Å². The molecule has 0 saturated carbocycles. The van der Waals surface area contributed by atoms with Gasteiger partial charge >= 0.3 is 18.9 Å². The van der Waals surface area contributed by atoms with Crippen LogP contribution >= 0.6 is 0 Å². The topological polar surface area (TPSA) is 23.8 Å². The summed E-state index contributed by atoms with van der Waals surface area (Å²) in [6, 6.07) is 1.84. The van der Waals surface area contributed by atoms with Gasteiger partial charge in [-0.15, -0.1) is 6.08 Å². The average Bonchev–Trinajstić information content (AvgIpc) is 1.81. The minimum atomic E-state index is 0. The second-order valence-electron chi connectivity index (χ2n) is 1.07. The minimum absolute atomic E-state index is 0. The Morgan fingerprint density at radius 3 is 2.33 bits per heavy atom. The van der Waals surface area contributed by atoms with Crippen LogP contribution in [-0.2, 0) is 0 Å². The van der Waals surface area contributed by atoms with Crippen molar-refractivity contribution in [3.05, 3.63) is 37.0 Å². The predicted molar refractivity (Wildman–Crippen MR) is 32.8 cm³/mol. The smallest absolute Gasteiger partial charge is 0.293 e. The normalized spacial score (nSPS) is 8.78. The maximum Gasteiger partial charge on any atom is 1.00 e. The summed E-state index contributed by atoms with van der Waals surface area (Å²) >= 11 is 0. The maximum absolute atomic E-state index is 7.95. The van der Waals surface area contributed by atoms with Crippen LogP contribution < -0.4 is 18.9 Å². The summed E-state index contributed by atoms with van der Waals surface area (Å²) in [4.78, 5) is 0. The SMILES string of the molecule is [CH-]=C/C=C/C=C/C#N.[Li+]. The van der Waals surface area contributed by atoms with Crippen molar-refractivity contribution in [2.45, 2.75) is 0 Å². The van der Waals surface area contributed by atoms with E-state index in [0.29, 0.717) is 0 Å². The zero-order valence-corrected chi connectivity index (χ0v) is 5.41. The molecule has 0 saturated heterocycles. The molecule has 0 amide bonds. The third-order valence-electron chi connectivity index (χ3n) is 0.504. The number of nitriles is 1. The molecule has 0 aromatic carbocycles. The zero-order valence-electron chi connectivity index (χ0n) is 5.41. The summed E-state index contributed by atoms with van der Waals surface area (Å²) in [5.74, 6) is 0. The number of allylic oxidation sites excluding steroid dienone is 5. The molecule has 0 atom stereocenters. The zero-order chi connectivity index (χ0) is 6.24. The van der Waals surface area contributed by atoms with E-state index in [0.717, 1.165) is 0 Å². The van der Waals surface area contributed by atoms with E-state index in [-0.39, 0.29) is 18.9 Å². The second kappa shape index (κ2) is 10.3. The number of hydrogen-bond donors (Lipinski definition) is 0. The minimum Gasteiger partial charge on any atom is -0.293 e. The van der Waals surface area contributed by atoms with E-state index in [4.69, 9.17) is 11.8 Å². The van der Waals surface area contributed by atoms with Crippen LogP contribution in [0.4, 0.5) is 0 Å². The molecule has 0 aliphatic rings. The fourth-order valence-electron chi connectivity index (χ4n) is 0.227. The maximum atomic E-state index is 7.95. The van der Waals surface area contributed by atoms with Gasteiger partial charge in [-0.2, -0.15) is 5.26 Å². The van der Waals surface area contributed by atoms with Gasteiger partial charge in [0.15, 0.2) is 0 Å². The molecule has 2 heteroatoms. The molecule has 0 aliphatic carbocycles. The van der Waals surface area contributed by atoms with Crippen molar-refractivity contribution in [1.29, 1.82) is 5.26 Å². The van der Waals surface area contributed by atoms with Crippen LogP contribution in [0, 0.1) is 17.9 Å². The molecule has 0 bridgehead atoms. The molecule has 0 aromatic heterocycles. The Morgan fingerprint density at radius 2 is 1.89 bits per heavy atom. The van der Waals surface area contributed by atoms with Crippen molar-refractivity contribution < 1.29 is 18.9 Å². The van der Waals surface area contributed by atoms with Crippen molar-refractivity contribution >= 4 is 0 Å². The van der Waals surface area contributed by atoms with Crippen LogP contribution in [0.3, 0.4) is 0 Å². The molecule has 0 heterocycles. The average molecular weight is 111 g/mol. The van der Waals surface area contributed by atoms with E-state index in [2.05, 4.69) is 0 Å². The second-order valence-corrected chi connectivity index (χ2v) is 1.07. The number of hydrogen-bond acceptors (Lipinski definition) is 1. The van der Waals surface area contributed by atoms with Gasteiger partial charge in [-0.1, -0.05) is 6.08 Å². The molecule has 0 rings (SSSR count). The van der Waals surface area contributed by atoms with Gasteiger partial charge in [-0.3, -0.25) is 6.58 Å². The Labute approximate surface area is 67.6 Å². The van der Waals surface area contributed by atoms with Crippen LogP contribution in [0.15, 0.2) is 30.4 Å². The monoisotopic (exact) mass is 111 g/mol. The predicted octanol–water partition coefficient (Wildman–Crippen LogP) is -1.38. The molecule has 9 heavy (non-hydrogen) atoms. The molecule has 0 aliphatic heterocycles. The summed E-state index contributed by atoms with van der Waals surface area (Å²) in [5.41, 5.74) is 0. The van der Waals surface area contributed by atoms with Crippen LogP contribution in [-0.4, -0.2) is 0 Å². The first-order chi connectivity index (χ1) is 3.91. The Morgan fingerprint density at radius 1 is 1.22 bits per heavy atom. The molecule has 0 N–H and O–H groups in total. The van der Waals surface area contributed by atoms with Gasteiger partial charge in [-0.25, -0.2) is 12.2 Å². The molecule has 0 spiro atoms. The summed E-state index contributed by atoms with van der Waals surface area (Å²) in [6.07, 6.45) is 7.72. The molecule has 1 nitrogen and oxygen atoms in total. The fourth-order valence-corrected chi connectivity index (χ4v) is 0.227. The standard InChI is InChI=1S/C7H6N.Li/c1-2-3-4-5-6-7-8;/h1-6H;/q-1;+1/b4-3+,6-5+;. The molecular formula is C7H6LiN. The molecule has 0 fully saturated rings. The fraction of sp³-hybridized carbons (Fsp3) is 0. The number of rotatable bonds is 2. The molecule has 0 radical (unpaired) electrons. The van der Waals surface area contributed by atoms with Crippen LogP contribution in [0.5, 0.6) is 0 Å².